The average molecular weight is 337 g/mol. The van der Waals surface area contributed by atoms with E-state index in [2.05, 4.69) is 10.6 Å². The van der Waals surface area contributed by atoms with Crippen molar-refractivity contribution in [3.63, 3.8) is 0 Å². The lowest BCUT2D eigenvalue weighted by Crippen LogP contribution is -2.51. The summed E-state index contributed by atoms with van der Waals surface area (Å²) in [5.41, 5.74) is 0.159. The number of nitrogens with zero attached hydrogens (tertiary/aromatic N) is 1. The number of halogens is 2. The van der Waals surface area contributed by atoms with E-state index in [9.17, 15) is 14.5 Å². The zero-order valence-corrected chi connectivity index (χ0v) is 10.3. The van der Waals surface area contributed by atoms with Gasteiger partial charge in [-0.3, -0.25) is 10.1 Å². The molecule has 0 amide bonds. The van der Waals surface area contributed by atoms with E-state index in [1.165, 1.54) is 12.1 Å². The zero-order valence-electron chi connectivity index (χ0n) is 8.17. The summed E-state index contributed by atoms with van der Waals surface area (Å²) < 4.78 is 13.6. The van der Waals surface area contributed by atoms with Crippen LogP contribution in [0.3, 0.4) is 0 Å². The Hall–Kier alpha value is -0.960. The predicted octanol–water partition coefficient (Wildman–Crippen LogP) is 1.72. The van der Waals surface area contributed by atoms with E-state index in [4.69, 9.17) is 0 Å². The molecule has 1 aromatic carbocycles. The van der Waals surface area contributed by atoms with Crippen molar-refractivity contribution >= 4 is 34.0 Å². The second kappa shape index (κ2) is 4.50. The van der Waals surface area contributed by atoms with E-state index in [0.717, 1.165) is 13.1 Å². The van der Waals surface area contributed by atoms with Crippen molar-refractivity contribution in [2.45, 2.75) is 6.04 Å². The third-order valence-corrected chi connectivity index (χ3v) is 3.20. The molecule has 1 aliphatic rings. The van der Waals surface area contributed by atoms with E-state index in [1.807, 2.05) is 0 Å². The van der Waals surface area contributed by atoms with E-state index in [1.54, 1.807) is 22.6 Å². The van der Waals surface area contributed by atoms with Gasteiger partial charge in [0.05, 0.1) is 14.5 Å². The number of anilines is 1. The molecule has 0 radical (unpaired) electrons. The molecule has 86 valence electrons. The Morgan fingerprint density at radius 1 is 1.56 bits per heavy atom. The monoisotopic (exact) mass is 337 g/mol. The van der Waals surface area contributed by atoms with Crippen molar-refractivity contribution < 1.29 is 9.31 Å². The summed E-state index contributed by atoms with van der Waals surface area (Å²) in [7, 11) is 0. The minimum Gasteiger partial charge on any atom is -0.374 e. The number of hydrogen-bond donors (Lipinski definition) is 2. The van der Waals surface area contributed by atoms with Gasteiger partial charge >= 0.3 is 0 Å². The van der Waals surface area contributed by atoms with Gasteiger partial charge in [-0.2, -0.15) is 0 Å². The number of rotatable bonds is 3. The van der Waals surface area contributed by atoms with Gasteiger partial charge in [-0.1, -0.05) is 0 Å². The highest BCUT2D eigenvalue weighted by Crippen LogP contribution is 2.29. The van der Waals surface area contributed by atoms with Crippen LogP contribution in [0.5, 0.6) is 0 Å². The molecule has 1 saturated heterocycles. The minimum absolute atomic E-state index is 0.0855. The highest BCUT2D eigenvalue weighted by atomic mass is 127. The Balaban J connectivity index is 2.32. The van der Waals surface area contributed by atoms with Gasteiger partial charge in [-0.05, 0) is 22.6 Å². The van der Waals surface area contributed by atoms with Crippen LogP contribution in [0.2, 0.25) is 0 Å². The molecule has 0 atom stereocenters. The van der Waals surface area contributed by atoms with Crippen LogP contribution in [0, 0.1) is 19.5 Å². The molecule has 0 bridgehead atoms. The lowest BCUT2D eigenvalue weighted by molar-refractivity contribution is -0.384. The van der Waals surface area contributed by atoms with Gasteiger partial charge < -0.3 is 10.6 Å². The maximum atomic E-state index is 13.3. The molecule has 1 heterocycles. The number of hydrogen-bond acceptors (Lipinski definition) is 4. The maximum Gasteiger partial charge on any atom is 0.293 e. The second-order valence-electron chi connectivity index (χ2n) is 3.54. The summed E-state index contributed by atoms with van der Waals surface area (Å²) in [4.78, 5) is 10.3. The van der Waals surface area contributed by atoms with E-state index in [-0.39, 0.29) is 21.0 Å². The molecular weight excluding hydrogens is 328 g/mol. The molecule has 7 heteroatoms. The van der Waals surface area contributed by atoms with Crippen molar-refractivity contribution in [1.29, 1.82) is 0 Å². The van der Waals surface area contributed by atoms with Crippen LogP contribution in [-0.2, 0) is 0 Å². The molecule has 5 nitrogen and oxygen atoms in total. The summed E-state index contributed by atoms with van der Waals surface area (Å²) in [5.74, 6) is -0.444. The van der Waals surface area contributed by atoms with E-state index in [0.29, 0.717) is 0 Å². The topological polar surface area (TPSA) is 67.2 Å². The average Bonchev–Trinajstić information content (AvgIpc) is 2.16. The molecule has 0 unspecified atom stereocenters. The first-order valence-electron chi connectivity index (χ1n) is 4.68. The highest BCUT2D eigenvalue weighted by molar-refractivity contribution is 14.1. The molecule has 1 aliphatic heterocycles. The number of nitrogens with one attached hydrogen (secondary N) is 2. The lowest BCUT2D eigenvalue weighted by Gasteiger charge is -2.28. The summed E-state index contributed by atoms with van der Waals surface area (Å²) in [6, 6.07) is 2.56. The van der Waals surface area contributed by atoms with Crippen molar-refractivity contribution in [2.75, 3.05) is 18.4 Å². The summed E-state index contributed by atoms with van der Waals surface area (Å²) >= 11 is 1.74. The fourth-order valence-electron chi connectivity index (χ4n) is 1.41. The number of benzene rings is 1. The highest BCUT2D eigenvalue weighted by Gasteiger charge is 2.22. The van der Waals surface area contributed by atoms with Crippen molar-refractivity contribution in [2.24, 2.45) is 0 Å². The van der Waals surface area contributed by atoms with E-state index < -0.39 is 10.7 Å². The Bertz CT molecular complexity index is 437. The smallest absolute Gasteiger partial charge is 0.293 e. The van der Waals surface area contributed by atoms with Crippen LogP contribution < -0.4 is 10.6 Å². The Morgan fingerprint density at radius 3 is 2.75 bits per heavy atom. The van der Waals surface area contributed by atoms with Gasteiger partial charge in [0, 0.05) is 25.2 Å². The predicted molar refractivity (Wildman–Crippen MR) is 66.1 cm³/mol. The zero-order chi connectivity index (χ0) is 11.7. The summed E-state index contributed by atoms with van der Waals surface area (Å²) in [6.07, 6.45) is 0. The third-order valence-electron chi connectivity index (χ3n) is 2.38. The Morgan fingerprint density at radius 2 is 2.25 bits per heavy atom. The summed E-state index contributed by atoms with van der Waals surface area (Å²) in [6.45, 7) is 1.48. The fraction of sp³-hybridized carbons (Fsp3) is 0.333. The van der Waals surface area contributed by atoms with E-state index >= 15 is 0 Å². The third kappa shape index (κ3) is 2.24. The number of nitro benzene ring substituents is 1. The van der Waals surface area contributed by atoms with Crippen LogP contribution in [-0.4, -0.2) is 24.1 Å². The molecule has 2 N–H and O–H groups in total. The van der Waals surface area contributed by atoms with Crippen LogP contribution in [0.25, 0.3) is 0 Å². The van der Waals surface area contributed by atoms with Crippen molar-refractivity contribution in [3.05, 3.63) is 31.6 Å². The SMILES string of the molecule is O=[N+]([O-])c1cc(I)c(F)cc1NC1CNC1. The van der Waals surface area contributed by atoms with Crippen molar-refractivity contribution in [3.8, 4) is 0 Å². The van der Waals surface area contributed by atoms with Gasteiger partial charge in [0.15, 0.2) is 0 Å². The molecule has 16 heavy (non-hydrogen) atoms. The maximum absolute atomic E-state index is 13.3. The first kappa shape index (κ1) is 11.5. The largest absolute Gasteiger partial charge is 0.374 e. The molecule has 2 rings (SSSR count). The normalized spacial score (nSPS) is 15.6. The van der Waals surface area contributed by atoms with Gasteiger partial charge in [0.1, 0.15) is 11.5 Å². The standard InChI is InChI=1S/C9H9FIN3O2/c10-6-1-8(13-5-3-12-4-5)9(14(15)16)2-7(6)11/h1-2,5,12-13H,3-4H2. The second-order valence-corrected chi connectivity index (χ2v) is 4.70. The van der Waals surface area contributed by atoms with Gasteiger partial charge in [0.25, 0.3) is 5.69 Å². The molecule has 1 aromatic rings. The number of nitro groups is 1. The first-order chi connectivity index (χ1) is 7.58. The minimum atomic E-state index is -0.504. The molecule has 0 saturated carbocycles. The Labute approximate surface area is 105 Å². The molecule has 0 spiro atoms. The molecule has 0 aliphatic carbocycles. The fourth-order valence-corrected chi connectivity index (χ4v) is 1.86. The van der Waals surface area contributed by atoms with Crippen LogP contribution >= 0.6 is 22.6 Å². The van der Waals surface area contributed by atoms with Crippen LogP contribution in [0.4, 0.5) is 15.8 Å². The molecule has 0 aromatic heterocycles. The molecule has 1 fully saturated rings. The van der Waals surface area contributed by atoms with Gasteiger partial charge in [-0.25, -0.2) is 4.39 Å². The van der Waals surface area contributed by atoms with Crippen LogP contribution in [0.1, 0.15) is 0 Å². The summed E-state index contributed by atoms with van der Waals surface area (Å²) in [5, 5.41) is 16.8. The van der Waals surface area contributed by atoms with Gasteiger partial charge in [-0.15, -0.1) is 0 Å². The van der Waals surface area contributed by atoms with Gasteiger partial charge in [0.2, 0.25) is 0 Å². The van der Waals surface area contributed by atoms with Crippen LogP contribution in [0.15, 0.2) is 12.1 Å². The molecular formula is C9H9FIN3O2. The first-order valence-corrected chi connectivity index (χ1v) is 5.76. The quantitative estimate of drug-likeness (QED) is 0.501. The lowest BCUT2D eigenvalue weighted by atomic mass is 10.1. The Kier molecular flexibility index (Phi) is 3.24. The van der Waals surface area contributed by atoms with Crippen molar-refractivity contribution in [1.82, 2.24) is 5.32 Å².